The minimum Gasteiger partial charge on any atom is -0.497 e. The van der Waals surface area contributed by atoms with E-state index >= 15 is 0 Å². The van der Waals surface area contributed by atoms with E-state index in [4.69, 9.17) is 9.47 Å². The van der Waals surface area contributed by atoms with E-state index in [0.29, 0.717) is 31.0 Å². The van der Waals surface area contributed by atoms with Gasteiger partial charge in [-0.3, -0.25) is 9.59 Å². The van der Waals surface area contributed by atoms with Gasteiger partial charge in [0, 0.05) is 13.1 Å². The molecule has 6 heteroatoms. The highest BCUT2D eigenvalue weighted by Crippen LogP contribution is 2.19. The Morgan fingerprint density at radius 3 is 2.52 bits per heavy atom. The summed E-state index contributed by atoms with van der Waals surface area (Å²) >= 11 is 0. The lowest BCUT2D eigenvalue weighted by atomic mass is 10.1. The summed E-state index contributed by atoms with van der Waals surface area (Å²) in [6, 6.07) is 14.5. The van der Waals surface area contributed by atoms with Crippen LogP contribution in [0.25, 0.3) is 0 Å². The van der Waals surface area contributed by atoms with E-state index in [1.54, 1.807) is 12.0 Å². The molecule has 2 aromatic rings. The average molecular weight is 399 g/mol. The number of ether oxygens (including phenoxy) is 2. The van der Waals surface area contributed by atoms with E-state index < -0.39 is 6.04 Å². The van der Waals surface area contributed by atoms with Gasteiger partial charge in [0.1, 0.15) is 17.5 Å². The molecule has 2 rings (SSSR count). The number of carbonyl (C=O) groups excluding carboxylic acids is 2. The normalized spacial score (nSPS) is 11.4. The minimum atomic E-state index is -0.575. The van der Waals surface area contributed by atoms with Gasteiger partial charge in [-0.05, 0) is 49.6 Å². The SMILES string of the molecule is CCNC(=O)[C@H](CC)N(Cc1cccc(OC)c1)C(=O)COc1ccccc1C. The first-order valence-corrected chi connectivity index (χ1v) is 9.88. The molecule has 0 spiro atoms. The predicted octanol–water partition coefficient (Wildman–Crippen LogP) is 3.33. The van der Waals surface area contributed by atoms with Crippen LogP contribution in [0.2, 0.25) is 0 Å². The quantitative estimate of drug-likeness (QED) is 0.667. The molecule has 0 fully saturated rings. The van der Waals surface area contributed by atoms with E-state index in [-0.39, 0.29) is 18.4 Å². The lowest BCUT2D eigenvalue weighted by molar-refractivity contribution is -0.142. The first-order valence-electron chi connectivity index (χ1n) is 9.88. The topological polar surface area (TPSA) is 67.9 Å². The Bertz CT molecular complexity index is 822. The van der Waals surface area contributed by atoms with Gasteiger partial charge in [-0.15, -0.1) is 0 Å². The molecule has 0 saturated carbocycles. The maximum Gasteiger partial charge on any atom is 0.261 e. The van der Waals surface area contributed by atoms with Gasteiger partial charge in [0.05, 0.1) is 7.11 Å². The Kier molecular flexibility index (Phi) is 8.52. The third kappa shape index (κ3) is 6.24. The van der Waals surface area contributed by atoms with Gasteiger partial charge in [-0.2, -0.15) is 0 Å². The molecule has 0 aromatic heterocycles. The summed E-state index contributed by atoms with van der Waals surface area (Å²) in [5.74, 6) is 0.960. The minimum absolute atomic E-state index is 0.134. The van der Waals surface area contributed by atoms with Crippen LogP contribution in [0, 0.1) is 6.92 Å². The highest BCUT2D eigenvalue weighted by Gasteiger charge is 2.28. The smallest absolute Gasteiger partial charge is 0.261 e. The van der Waals surface area contributed by atoms with Crippen molar-refractivity contribution in [3.63, 3.8) is 0 Å². The number of hydrogen-bond acceptors (Lipinski definition) is 4. The van der Waals surface area contributed by atoms with Gasteiger partial charge in [0.2, 0.25) is 5.91 Å². The summed E-state index contributed by atoms with van der Waals surface area (Å²) in [4.78, 5) is 27.3. The van der Waals surface area contributed by atoms with E-state index in [1.807, 2.05) is 69.3 Å². The fourth-order valence-corrected chi connectivity index (χ4v) is 3.12. The van der Waals surface area contributed by atoms with E-state index in [9.17, 15) is 9.59 Å². The first kappa shape index (κ1) is 22.3. The Labute approximate surface area is 172 Å². The second-order valence-electron chi connectivity index (χ2n) is 6.75. The summed E-state index contributed by atoms with van der Waals surface area (Å²) in [6.07, 6.45) is 0.506. The van der Waals surface area contributed by atoms with Gasteiger partial charge < -0.3 is 19.7 Å². The van der Waals surface area contributed by atoms with E-state index in [0.717, 1.165) is 11.1 Å². The van der Waals surface area contributed by atoms with Crippen LogP contribution in [-0.4, -0.2) is 43.0 Å². The number of likely N-dealkylation sites (N-methyl/N-ethyl adjacent to an activating group) is 1. The van der Waals surface area contributed by atoms with Crippen LogP contribution in [0.4, 0.5) is 0 Å². The van der Waals surface area contributed by atoms with Crippen LogP contribution < -0.4 is 14.8 Å². The fourth-order valence-electron chi connectivity index (χ4n) is 3.12. The molecule has 6 nitrogen and oxygen atoms in total. The Morgan fingerprint density at radius 1 is 1.10 bits per heavy atom. The zero-order valence-electron chi connectivity index (χ0n) is 17.6. The molecular weight excluding hydrogens is 368 g/mol. The van der Waals surface area contributed by atoms with Gasteiger partial charge >= 0.3 is 0 Å². The van der Waals surface area contributed by atoms with Gasteiger partial charge in [0.15, 0.2) is 6.61 Å². The Balaban J connectivity index is 2.23. The number of nitrogens with one attached hydrogen (secondary N) is 1. The number of benzene rings is 2. The predicted molar refractivity (Wildman–Crippen MR) is 113 cm³/mol. The van der Waals surface area contributed by atoms with Crippen molar-refractivity contribution >= 4 is 11.8 Å². The van der Waals surface area contributed by atoms with Crippen molar-refractivity contribution in [3.05, 3.63) is 59.7 Å². The summed E-state index contributed by atoms with van der Waals surface area (Å²) < 4.78 is 11.0. The Morgan fingerprint density at radius 2 is 1.86 bits per heavy atom. The molecule has 1 N–H and O–H groups in total. The van der Waals surface area contributed by atoms with Crippen molar-refractivity contribution in [2.45, 2.75) is 39.8 Å². The number of hydrogen-bond donors (Lipinski definition) is 1. The number of methoxy groups -OCH3 is 1. The third-order valence-electron chi connectivity index (χ3n) is 4.67. The maximum atomic E-state index is 13.1. The molecule has 0 saturated heterocycles. The lowest BCUT2D eigenvalue weighted by Gasteiger charge is -2.30. The third-order valence-corrected chi connectivity index (χ3v) is 4.67. The zero-order valence-corrected chi connectivity index (χ0v) is 17.6. The molecule has 0 radical (unpaired) electrons. The molecule has 0 heterocycles. The molecule has 0 aliphatic rings. The van der Waals surface area contributed by atoms with Crippen LogP contribution in [-0.2, 0) is 16.1 Å². The molecule has 0 unspecified atom stereocenters. The number of carbonyl (C=O) groups is 2. The zero-order chi connectivity index (χ0) is 21.2. The number of nitrogens with zero attached hydrogens (tertiary/aromatic N) is 1. The Hall–Kier alpha value is -3.02. The van der Waals surface area contributed by atoms with Crippen LogP contribution in [0.5, 0.6) is 11.5 Å². The van der Waals surface area contributed by atoms with Gasteiger partial charge in [0.25, 0.3) is 5.91 Å². The molecule has 0 aliphatic carbocycles. The highest BCUT2D eigenvalue weighted by molar-refractivity contribution is 5.88. The molecule has 2 amide bonds. The molecule has 0 aliphatic heterocycles. The van der Waals surface area contributed by atoms with Crippen LogP contribution in [0.3, 0.4) is 0 Å². The molecule has 156 valence electrons. The van der Waals surface area contributed by atoms with Crippen LogP contribution in [0.15, 0.2) is 48.5 Å². The summed E-state index contributed by atoms with van der Waals surface area (Å²) in [6.45, 7) is 6.36. The summed E-state index contributed by atoms with van der Waals surface area (Å²) in [7, 11) is 1.60. The van der Waals surface area contributed by atoms with E-state index in [1.165, 1.54) is 0 Å². The van der Waals surface area contributed by atoms with Crippen molar-refractivity contribution in [1.82, 2.24) is 10.2 Å². The highest BCUT2D eigenvalue weighted by atomic mass is 16.5. The van der Waals surface area contributed by atoms with E-state index in [2.05, 4.69) is 5.32 Å². The van der Waals surface area contributed by atoms with Crippen molar-refractivity contribution in [3.8, 4) is 11.5 Å². The second-order valence-corrected chi connectivity index (χ2v) is 6.75. The maximum absolute atomic E-state index is 13.1. The molecule has 29 heavy (non-hydrogen) atoms. The van der Waals surface area contributed by atoms with Crippen molar-refractivity contribution in [1.29, 1.82) is 0 Å². The second kappa shape index (κ2) is 11.1. The van der Waals surface area contributed by atoms with Crippen LogP contribution in [0.1, 0.15) is 31.4 Å². The average Bonchev–Trinajstić information content (AvgIpc) is 2.73. The number of amides is 2. The largest absolute Gasteiger partial charge is 0.497 e. The number of para-hydroxylation sites is 1. The number of rotatable bonds is 10. The molecular formula is C23H30N2O4. The number of aryl methyl sites for hydroxylation is 1. The van der Waals surface area contributed by atoms with Crippen molar-refractivity contribution in [2.75, 3.05) is 20.3 Å². The standard InChI is InChI=1S/C23H30N2O4/c1-5-20(23(27)24-6-2)25(15-18-11-9-12-19(14-18)28-4)22(26)16-29-21-13-8-7-10-17(21)3/h7-14,20H,5-6,15-16H2,1-4H3,(H,24,27)/t20-/m0/s1. The molecule has 1 atom stereocenters. The van der Waals surface area contributed by atoms with Crippen molar-refractivity contribution < 1.29 is 19.1 Å². The first-order chi connectivity index (χ1) is 14.0. The van der Waals surface area contributed by atoms with Gasteiger partial charge in [-0.1, -0.05) is 37.3 Å². The van der Waals surface area contributed by atoms with Crippen LogP contribution >= 0.6 is 0 Å². The summed E-state index contributed by atoms with van der Waals surface area (Å²) in [5.41, 5.74) is 1.84. The lowest BCUT2D eigenvalue weighted by Crippen LogP contribution is -2.50. The summed E-state index contributed by atoms with van der Waals surface area (Å²) in [5, 5.41) is 2.82. The molecule has 0 bridgehead atoms. The monoisotopic (exact) mass is 398 g/mol. The fraction of sp³-hybridized carbons (Fsp3) is 0.391. The molecule has 2 aromatic carbocycles. The van der Waals surface area contributed by atoms with Gasteiger partial charge in [-0.25, -0.2) is 0 Å². The van der Waals surface area contributed by atoms with Crippen molar-refractivity contribution in [2.24, 2.45) is 0 Å².